The Bertz CT molecular complexity index is 708. The molecule has 1 aromatic heterocycles. The summed E-state index contributed by atoms with van der Waals surface area (Å²) in [7, 11) is 0. The Hall–Kier alpha value is -1.78. The van der Waals surface area contributed by atoms with Gasteiger partial charge in [-0.05, 0) is 24.5 Å². The van der Waals surface area contributed by atoms with E-state index in [0.717, 1.165) is 22.9 Å². The molecule has 3 rings (SSSR count). The molecule has 1 N–H and O–H groups in total. The number of rotatable bonds is 5. The molecular formula is C17H16N2S2. The van der Waals surface area contributed by atoms with Crippen LogP contribution in [0.1, 0.15) is 5.01 Å². The van der Waals surface area contributed by atoms with E-state index < -0.39 is 0 Å². The summed E-state index contributed by atoms with van der Waals surface area (Å²) < 4.78 is 0. The molecule has 0 fully saturated rings. The van der Waals surface area contributed by atoms with Crippen LogP contribution in [0.5, 0.6) is 0 Å². The van der Waals surface area contributed by atoms with Gasteiger partial charge in [0.15, 0.2) is 0 Å². The van der Waals surface area contributed by atoms with E-state index >= 15 is 0 Å². The second-order valence-electron chi connectivity index (χ2n) is 4.58. The number of anilines is 1. The maximum absolute atomic E-state index is 4.69. The molecule has 0 unspecified atom stereocenters. The minimum absolute atomic E-state index is 0.759. The Morgan fingerprint density at radius 3 is 2.76 bits per heavy atom. The Kier molecular flexibility index (Phi) is 4.58. The van der Waals surface area contributed by atoms with Crippen LogP contribution in [0.4, 0.5) is 5.69 Å². The van der Waals surface area contributed by atoms with Crippen LogP contribution >= 0.6 is 23.1 Å². The summed E-state index contributed by atoms with van der Waals surface area (Å²) in [6.45, 7) is 0.759. The lowest BCUT2D eigenvalue weighted by molar-refractivity contribution is 1.10. The first-order valence-electron chi connectivity index (χ1n) is 6.73. The van der Waals surface area contributed by atoms with Crippen molar-refractivity contribution in [2.45, 2.75) is 11.4 Å². The molecule has 0 amide bonds. The van der Waals surface area contributed by atoms with Gasteiger partial charge < -0.3 is 5.32 Å². The van der Waals surface area contributed by atoms with E-state index in [2.05, 4.69) is 58.3 Å². The summed E-state index contributed by atoms with van der Waals surface area (Å²) in [5, 5.41) is 6.65. The number of benzene rings is 2. The monoisotopic (exact) mass is 312 g/mol. The molecule has 0 atom stereocenters. The van der Waals surface area contributed by atoms with Crippen molar-refractivity contribution in [1.82, 2.24) is 4.98 Å². The smallest absolute Gasteiger partial charge is 0.112 e. The Balaban J connectivity index is 1.67. The van der Waals surface area contributed by atoms with Crippen LogP contribution < -0.4 is 5.32 Å². The summed E-state index contributed by atoms with van der Waals surface area (Å²) in [5.41, 5.74) is 3.36. The van der Waals surface area contributed by atoms with Crippen LogP contribution in [0, 0.1) is 0 Å². The van der Waals surface area contributed by atoms with Gasteiger partial charge in [-0.2, -0.15) is 0 Å². The lowest BCUT2D eigenvalue weighted by Crippen LogP contribution is -1.98. The van der Waals surface area contributed by atoms with Crippen LogP contribution in [0.25, 0.3) is 11.3 Å². The molecule has 21 heavy (non-hydrogen) atoms. The standard InChI is InChI=1S/C17H16N2S2/c1-20-15-9-5-8-14(10-15)18-11-17-19-16(12-21-17)13-6-3-2-4-7-13/h2-10,12,18H,11H2,1H3. The normalized spacial score (nSPS) is 10.5. The first-order chi connectivity index (χ1) is 10.3. The highest BCUT2D eigenvalue weighted by molar-refractivity contribution is 7.98. The van der Waals surface area contributed by atoms with Gasteiger partial charge in [0.05, 0.1) is 12.2 Å². The van der Waals surface area contributed by atoms with Crippen molar-refractivity contribution < 1.29 is 0 Å². The fourth-order valence-corrected chi connectivity index (χ4v) is 3.25. The Morgan fingerprint density at radius 1 is 1.10 bits per heavy atom. The highest BCUT2D eigenvalue weighted by atomic mass is 32.2. The molecule has 0 aliphatic heterocycles. The second kappa shape index (κ2) is 6.78. The van der Waals surface area contributed by atoms with Crippen LogP contribution in [-0.4, -0.2) is 11.2 Å². The highest BCUT2D eigenvalue weighted by Gasteiger charge is 2.04. The number of nitrogens with zero attached hydrogens (tertiary/aromatic N) is 1. The zero-order valence-corrected chi connectivity index (χ0v) is 13.4. The third kappa shape index (κ3) is 3.65. The van der Waals surface area contributed by atoms with E-state index in [0.29, 0.717) is 0 Å². The molecule has 106 valence electrons. The molecule has 0 saturated heterocycles. The van der Waals surface area contributed by atoms with Crippen molar-refractivity contribution in [2.24, 2.45) is 0 Å². The van der Waals surface area contributed by atoms with Crippen molar-refractivity contribution in [2.75, 3.05) is 11.6 Å². The number of hydrogen-bond donors (Lipinski definition) is 1. The van der Waals surface area contributed by atoms with Gasteiger partial charge in [-0.1, -0.05) is 36.4 Å². The number of thioether (sulfide) groups is 1. The van der Waals surface area contributed by atoms with Crippen LogP contribution in [0.15, 0.2) is 64.9 Å². The van der Waals surface area contributed by atoms with Crippen molar-refractivity contribution >= 4 is 28.8 Å². The third-order valence-corrected chi connectivity index (χ3v) is 4.71. The fraction of sp³-hybridized carbons (Fsp3) is 0.118. The molecule has 2 aromatic carbocycles. The molecule has 0 aliphatic rings. The first-order valence-corrected chi connectivity index (χ1v) is 8.83. The molecule has 0 saturated carbocycles. The Morgan fingerprint density at radius 2 is 1.95 bits per heavy atom. The van der Waals surface area contributed by atoms with Gasteiger partial charge in [-0.3, -0.25) is 0 Å². The number of thiazole rings is 1. The SMILES string of the molecule is CSc1cccc(NCc2nc(-c3ccccc3)cs2)c1. The molecule has 0 aliphatic carbocycles. The number of hydrogen-bond acceptors (Lipinski definition) is 4. The maximum atomic E-state index is 4.69. The summed E-state index contributed by atoms with van der Waals surface area (Å²) >= 11 is 3.45. The summed E-state index contributed by atoms with van der Waals surface area (Å²) in [4.78, 5) is 5.96. The molecule has 1 heterocycles. The average molecular weight is 312 g/mol. The quantitative estimate of drug-likeness (QED) is 0.660. The van der Waals surface area contributed by atoms with E-state index in [9.17, 15) is 0 Å². The van der Waals surface area contributed by atoms with Crippen LogP contribution in [-0.2, 0) is 6.54 Å². The van der Waals surface area contributed by atoms with Gasteiger partial charge in [0.2, 0.25) is 0 Å². The van der Waals surface area contributed by atoms with Gasteiger partial charge in [0.1, 0.15) is 5.01 Å². The van der Waals surface area contributed by atoms with Crippen LogP contribution in [0.2, 0.25) is 0 Å². The van der Waals surface area contributed by atoms with Crippen LogP contribution in [0.3, 0.4) is 0 Å². The van der Waals surface area contributed by atoms with E-state index in [4.69, 9.17) is 0 Å². The van der Waals surface area contributed by atoms with E-state index in [1.807, 2.05) is 18.2 Å². The predicted molar refractivity (Wildman–Crippen MR) is 93.1 cm³/mol. The van der Waals surface area contributed by atoms with Crippen molar-refractivity contribution in [3.8, 4) is 11.3 Å². The zero-order chi connectivity index (χ0) is 14.5. The summed E-state index contributed by atoms with van der Waals surface area (Å²) in [5.74, 6) is 0. The number of nitrogens with one attached hydrogen (secondary N) is 1. The van der Waals surface area contributed by atoms with Gasteiger partial charge in [0.25, 0.3) is 0 Å². The third-order valence-electron chi connectivity index (χ3n) is 3.13. The van der Waals surface area contributed by atoms with Gasteiger partial charge in [0, 0.05) is 21.5 Å². The molecule has 0 radical (unpaired) electrons. The molecule has 3 aromatic rings. The average Bonchev–Trinajstić information content (AvgIpc) is 3.03. The van der Waals surface area contributed by atoms with Gasteiger partial charge >= 0.3 is 0 Å². The minimum atomic E-state index is 0.759. The summed E-state index contributed by atoms with van der Waals surface area (Å²) in [6.07, 6.45) is 2.09. The second-order valence-corrected chi connectivity index (χ2v) is 6.40. The van der Waals surface area contributed by atoms with Gasteiger partial charge in [-0.25, -0.2) is 4.98 Å². The van der Waals surface area contributed by atoms with Crippen molar-refractivity contribution in [1.29, 1.82) is 0 Å². The minimum Gasteiger partial charge on any atom is -0.378 e. The molecule has 2 nitrogen and oxygen atoms in total. The topological polar surface area (TPSA) is 24.9 Å². The van der Waals surface area contributed by atoms with E-state index in [1.54, 1.807) is 23.1 Å². The number of aromatic nitrogens is 1. The molecule has 4 heteroatoms. The lowest BCUT2D eigenvalue weighted by Gasteiger charge is -2.05. The lowest BCUT2D eigenvalue weighted by atomic mass is 10.2. The van der Waals surface area contributed by atoms with Gasteiger partial charge in [-0.15, -0.1) is 23.1 Å². The molecular weight excluding hydrogens is 296 g/mol. The van der Waals surface area contributed by atoms with E-state index in [-0.39, 0.29) is 0 Å². The Labute approximate surface area is 133 Å². The maximum Gasteiger partial charge on any atom is 0.112 e. The van der Waals surface area contributed by atoms with Crippen molar-refractivity contribution in [3.63, 3.8) is 0 Å². The molecule has 0 bridgehead atoms. The highest BCUT2D eigenvalue weighted by Crippen LogP contribution is 2.23. The molecule has 0 spiro atoms. The predicted octanol–water partition coefficient (Wildman–Crippen LogP) is 5.14. The zero-order valence-electron chi connectivity index (χ0n) is 11.7. The fourth-order valence-electron chi connectivity index (χ4n) is 2.04. The van der Waals surface area contributed by atoms with Crippen molar-refractivity contribution in [3.05, 3.63) is 65.0 Å². The first kappa shape index (κ1) is 14.2. The summed E-state index contributed by atoms with van der Waals surface area (Å²) in [6, 6.07) is 18.7. The van der Waals surface area contributed by atoms with E-state index in [1.165, 1.54) is 10.5 Å². The largest absolute Gasteiger partial charge is 0.378 e.